The van der Waals surface area contributed by atoms with Crippen LogP contribution in [0, 0.1) is 0 Å². The quantitative estimate of drug-likeness (QED) is 0.822. The van der Waals surface area contributed by atoms with Crippen LogP contribution in [0.2, 0.25) is 0 Å². The highest BCUT2D eigenvalue weighted by Crippen LogP contribution is 2.12. The average molecular weight is 252 g/mol. The lowest BCUT2D eigenvalue weighted by Gasteiger charge is -2.05. The molecular formula is C12H16N2O2S. The average Bonchev–Trinajstić information content (AvgIpc) is 2.60. The lowest BCUT2D eigenvalue weighted by molar-refractivity contribution is 0.514. The minimum atomic E-state index is -0.285. The molecule has 0 aliphatic rings. The molecule has 0 saturated heterocycles. The zero-order valence-electron chi connectivity index (χ0n) is 9.76. The van der Waals surface area contributed by atoms with Crippen LogP contribution in [0.3, 0.4) is 0 Å². The van der Waals surface area contributed by atoms with E-state index in [1.54, 1.807) is 16.3 Å². The van der Waals surface area contributed by atoms with Crippen molar-refractivity contribution in [2.45, 2.75) is 19.5 Å². The Hall–Kier alpha value is -1.20. The molecule has 0 aliphatic heterocycles. The zero-order chi connectivity index (χ0) is 12.3. The molecule has 0 radical (unpaired) electrons. The van der Waals surface area contributed by atoms with Gasteiger partial charge in [0.05, 0.1) is 5.52 Å². The molecule has 1 aromatic carbocycles. The van der Waals surface area contributed by atoms with Crippen molar-refractivity contribution in [3.63, 3.8) is 0 Å². The highest BCUT2D eigenvalue weighted by atomic mass is 32.2. The van der Waals surface area contributed by atoms with Crippen LogP contribution in [0.1, 0.15) is 6.92 Å². The Morgan fingerprint density at radius 3 is 3.00 bits per heavy atom. The maximum Gasteiger partial charge on any atom is 0.419 e. The van der Waals surface area contributed by atoms with Crippen molar-refractivity contribution in [2.24, 2.45) is 5.73 Å². The van der Waals surface area contributed by atoms with Crippen LogP contribution in [0.25, 0.3) is 11.1 Å². The van der Waals surface area contributed by atoms with Crippen LogP contribution in [0.15, 0.2) is 33.5 Å². The van der Waals surface area contributed by atoms with E-state index in [1.165, 1.54) is 0 Å². The molecule has 0 aliphatic carbocycles. The van der Waals surface area contributed by atoms with Crippen molar-refractivity contribution in [1.29, 1.82) is 0 Å². The van der Waals surface area contributed by atoms with Gasteiger partial charge in [0.1, 0.15) is 0 Å². The molecule has 2 aromatic rings. The van der Waals surface area contributed by atoms with Crippen molar-refractivity contribution in [3.05, 3.63) is 34.8 Å². The molecule has 0 amide bonds. The minimum Gasteiger partial charge on any atom is -0.408 e. The van der Waals surface area contributed by atoms with Gasteiger partial charge >= 0.3 is 5.76 Å². The maximum absolute atomic E-state index is 11.6. The second-order valence-electron chi connectivity index (χ2n) is 4.04. The fraction of sp³-hybridized carbons (Fsp3) is 0.417. The highest BCUT2D eigenvalue weighted by molar-refractivity contribution is 7.99. The predicted octanol–water partition coefficient (Wildman–Crippen LogP) is 1.67. The topological polar surface area (TPSA) is 61.2 Å². The summed E-state index contributed by atoms with van der Waals surface area (Å²) >= 11 is 1.75. The van der Waals surface area contributed by atoms with Crippen molar-refractivity contribution in [3.8, 4) is 0 Å². The normalized spacial score (nSPS) is 13.1. The first kappa shape index (κ1) is 12.3. The van der Waals surface area contributed by atoms with Gasteiger partial charge in [0.2, 0.25) is 0 Å². The van der Waals surface area contributed by atoms with Gasteiger partial charge in [0, 0.05) is 24.1 Å². The number of aryl methyl sites for hydroxylation is 1. The van der Waals surface area contributed by atoms with Gasteiger partial charge in [-0.1, -0.05) is 12.1 Å². The first-order chi connectivity index (χ1) is 8.18. The summed E-state index contributed by atoms with van der Waals surface area (Å²) in [7, 11) is 0. The lowest BCUT2D eigenvalue weighted by atomic mass is 10.3. The van der Waals surface area contributed by atoms with E-state index in [1.807, 2.05) is 31.2 Å². The highest BCUT2D eigenvalue weighted by Gasteiger charge is 2.07. The number of fused-ring (bicyclic) bond motifs is 1. The summed E-state index contributed by atoms with van der Waals surface area (Å²) in [6.45, 7) is 2.64. The van der Waals surface area contributed by atoms with Gasteiger partial charge in [-0.3, -0.25) is 4.57 Å². The number of nitrogens with two attached hydrogens (primary N) is 1. The van der Waals surface area contributed by atoms with Crippen LogP contribution in [0.4, 0.5) is 0 Å². The summed E-state index contributed by atoms with van der Waals surface area (Å²) in [6.07, 6.45) is 0. The molecule has 92 valence electrons. The number of para-hydroxylation sites is 2. The van der Waals surface area contributed by atoms with Gasteiger partial charge < -0.3 is 10.2 Å². The number of hydrogen-bond donors (Lipinski definition) is 1. The molecule has 2 N–H and O–H groups in total. The molecule has 0 fully saturated rings. The lowest BCUT2D eigenvalue weighted by Crippen LogP contribution is -2.19. The summed E-state index contributed by atoms with van der Waals surface area (Å²) in [6, 6.07) is 7.67. The van der Waals surface area contributed by atoms with Crippen molar-refractivity contribution >= 4 is 22.9 Å². The van der Waals surface area contributed by atoms with E-state index in [2.05, 4.69) is 0 Å². The van der Waals surface area contributed by atoms with Gasteiger partial charge in [-0.05, 0) is 19.1 Å². The summed E-state index contributed by atoms with van der Waals surface area (Å²) in [5.74, 6) is 1.49. The SMILES string of the molecule is CC(N)CSCCn1c(=O)oc2ccccc21. The Morgan fingerprint density at radius 2 is 2.24 bits per heavy atom. The monoisotopic (exact) mass is 252 g/mol. The second kappa shape index (κ2) is 5.42. The van der Waals surface area contributed by atoms with Gasteiger partial charge in [0.25, 0.3) is 0 Å². The number of rotatable bonds is 5. The molecule has 1 atom stereocenters. The Labute approximate surface area is 104 Å². The minimum absolute atomic E-state index is 0.192. The van der Waals surface area contributed by atoms with Gasteiger partial charge in [-0.2, -0.15) is 11.8 Å². The number of nitrogens with zero attached hydrogens (tertiary/aromatic N) is 1. The largest absolute Gasteiger partial charge is 0.419 e. The molecule has 17 heavy (non-hydrogen) atoms. The van der Waals surface area contributed by atoms with E-state index in [0.717, 1.165) is 17.0 Å². The Kier molecular flexibility index (Phi) is 3.91. The van der Waals surface area contributed by atoms with Crippen LogP contribution < -0.4 is 11.5 Å². The Morgan fingerprint density at radius 1 is 1.47 bits per heavy atom. The molecule has 5 heteroatoms. The summed E-state index contributed by atoms with van der Waals surface area (Å²) in [5.41, 5.74) is 7.17. The molecule has 0 spiro atoms. The molecule has 4 nitrogen and oxygen atoms in total. The standard InChI is InChI=1S/C12H16N2O2S/c1-9(13)8-17-7-6-14-10-4-2-3-5-11(10)16-12(14)15/h2-5,9H,6-8,13H2,1H3. The number of oxazole rings is 1. The molecule has 0 saturated carbocycles. The van der Waals surface area contributed by atoms with Crippen molar-refractivity contribution in [2.75, 3.05) is 11.5 Å². The van der Waals surface area contributed by atoms with Crippen molar-refractivity contribution < 1.29 is 4.42 Å². The van der Waals surface area contributed by atoms with E-state index < -0.39 is 0 Å². The Balaban J connectivity index is 2.08. The number of benzene rings is 1. The maximum atomic E-state index is 11.6. The summed E-state index contributed by atoms with van der Waals surface area (Å²) in [4.78, 5) is 11.6. The molecule has 1 heterocycles. The molecular weight excluding hydrogens is 236 g/mol. The van der Waals surface area contributed by atoms with E-state index in [-0.39, 0.29) is 11.8 Å². The van der Waals surface area contributed by atoms with E-state index in [0.29, 0.717) is 12.1 Å². The first-order valence-electron chi connectivity index (χ1n) is 5.60. The number of thioether (sulfide) groups is 1. The van der Waals surface area contributed by atoms with Crippen LogP contribution in [0.5, 0.6) is 0 Å². The van der Waals surface area contributed by atoms with Crippen LogP contribution in [-0.2, 0) is 6.54 Å². The molecule has 0 bridgehead atoms. The van der Waals surface area contributed by atoms with Crippen molar-refractivity contribution in [1.82, 2.24) is 4.57 Å². The smallest absolute Gasteiger partial charge is 0.408 e. The predicted molar refractivity (Wildman–Crippen MR) is 71.4 cm³/mol. The summed E-state index contributed by atoms with van der Waals surface area (Å²) < 4.78 is 6.82. The fourth-order valence-electron chi connectivity index (χ4n) is 1.65. The van der Waals surface area contributed by atoms with Gasteiger partial charge in [0.15, 0.2) is 5.58 Å². The fourth-order valence-corrected chi connectivity index (χ4v) is 2.50. The number of hydrogen-bond acceptors (Lipinski definition) is 4. The van der Waals surface area contributed by atoms with E-state index in [9.17, 15) is 4.79 Å². The van der Waals surface area contributed by atoms with Gasteiger partial charge in [-0.15, -0.1) is 0 Å². The second-order valence-corrected chi connectivity index (χ2v) is 5.19. The molecule has 2 rings (SSSR count). The third kappa shape index (κ3) is 2.92. The van der Waals surface area contributed by atoms with E-state index >= 15 is 0 Å². The summed E-state index contributed by atoms with van der Waals surface area (Å²) in [5, 5.41) is 0. The first-order valence-corrected chi connectivity index (χ1v) is 6.75. The number of aromatic nitrogens is 1. The van der Waals surface area contributed by atoms with Crippen LogP contribution in [-0.4, -0.2) is 22.1 Å². The van der Waals surface area contributed by atoms with Gasteiger partial charge in [-0.25, -0.2) is 4.79 Å². The molecule has 1 aromatic heterocycles. The van der Waals surface area contributed by atoms with Crippen LogP contribution >= 0.6 is 11.8 Å². The third-order valence-corrected chi connectivity index (χ3v) is 3.65. The van der Waals surface area contributed by atoms with E-state index in [4.69, 9.17) is 10.2 Å². The zero-order valence-corrected chi connectivity index (χ0v) is 10.6. The Bertz CT molecular complexity index is 545. The third-order valence-electron chi connectivity index (χ3n) is 2.41. The molecule has 1 unspecified atom stereocenters.